The first-order valence-corrected chi connectivity index (χ1v) is 12.2. The number of carbonyl (C=O) groups excluding carboxylic acids is 2. The van der Waals surface area contributed by atoms with Crippen LogP contribution >= 0.6 is 0 Å². The standard InChI is InChI=1S/C26H31FN4O4/c1-29(2)13-22(33)31-23-19(20(14-32)24(31)25(34)28-17-4-3-5-17)12-30-21(23)11-10-18(26(30)35)15-6-8-16(27)9-7-15/h6-11,17,19-20,23-24,32H,3-5,12-14H2,1-2H3,(H,28,34)/t19-,20-,23+,24-/m1/s1. The third kappa shape index (κ3) is 4.06. The van der Waals surface area contributed by atoms with E-state index in [4.69, 9.17) is 0 Å². The van der Waals surface area contributed by atoms with Gasteiger partial charge in [0.05, 0.1) is 12.6 Å². The van der Waals surface area contributed by atoms with Gasteiger partial charge in [-0.25, -0.2) is 4.39 Å². The van der Waals surface area contributed by atoms with Crippen LogP contribution in [-0.4, -0.2) is 70.6 Å². The predicted molar refractivity (Wildman–Crippen MR) is 128 cm³/mol. The van der Waals surface area contributed by atoms with Crippen molar-refractivity contribution in [2.75, 3.05) is 27.2 Å². The predicted octanol–water partition coefficient (Wildman–Crippen LogP) is 1.37. The normalized spacial score (nSPS) is 25.3. The summed E-state index contributed by atoms with van der Waals surface area (Å²) in [6, 6.07) is 8.14. The van der Waals surface area contributed by atoms with Crippen molar-refractivity contribution in [3.05, 3.63) is 58.3 Å². The summed E-state index contributed by atoms with van der Waals surface area (Å²) in [7, 11) is 3.58. The number of pyridine rings is 1. The molecule has 3 heterocycles. The monoisotopic (exact) mass is 482 g/mol. The van der Waals surface area contributed by atoms with E-state index in [-0.39, 0.29) is 48.3 Å². The molecule has 2 aromatic rings. The molecule has 1 aromatic carbocycles. The second kappa shape index (κ2) is 9.20. The minimum atomic E-state index is -0.788. The molecule has 0 spiro atoms. The molecule has 1 aromatic heterocycles. The number of aliphatic hydroxyl groups excluding tert-OH is 1. The number of aromatic nitrogens is 1. The Bertz CT molecular complexity index is 1190. The van der Waals surface area contributed by atoms with E-state index in [1.165, 1.54) is 12.1 Å². The smallest absolute Gasteiger partial charge is 0.258 e. The fraction of sp³-hybridized carbons (Fsp3) is 0.500. The number of likely N-dealkylation sites (N-methyl/N-ethyl adjacent to an activating group) is 1. The third-order valence-corrected chi connectivity index (χ3v) is 7.69. The second-order valence-corrected chi connectivity index (χ2v) is 10.2. The van der Waals surface area contributed by atoms with Gasteiger partial charge in [-0.3, -0.25) is 14.4 Å². The van der Waals surface area contributed by atoms with Gasteiger partial charge < -0.3 is 24.8 Å². The number of nitrogens with zero attached hydrogens (tertiary/aromatic N) is 3. The van der Waals surface area contributed by atoms with Crippen molar-refractivity contribution >= 4 is 11.8 Å². The number of benzene rings is 1. The Morgan fingerprint density at radius 3 is 2.46 bits per heavy atom. The zero-order chi connectivity index (χ0) is 24.9. The quantitative estimate of drug-likeness (QED) is 0.649. The highest BCUT2D eigenvalue weighted by molar-refractivity contribution is 5.90. The van der Waals surface area contributed by atoms with Crippen LogP contribution in [0, 0.1) is 17.7 Å². The van der Waals surface area contributed by atoms with Crippen LogP contribution < -0.4 is 10.9 Å². The van der Waals surface area contributed by atoms with E-state index < -0.39 is 18.0 Å². The molecule has 0 radical (unpaired) electrons. The number of aliphatic hydroxyl groups is 1. The Morgan fingerprint density at radius 2 is 1.86 bits per heavy atom. The van der Waals surface area contributed by atoms with Crippen LogP contribution in [0.25, 0.3) is 11.1 Å². The summed E-state index contributed by atoms with van der Waals surface area (Å²) in [4.78, 5) is 43.6. The molecule has 1 aliphatic carbocycles. The SMILES string of the molecule is CN(C)CC(=O)N1[C@@H]2c3ccc(-c4ccc(F)cc4)c(=O)n3C[C@@H]2[C@@H](CO)[C@@H]1C(=O)NC1CCC1. The molecule has 5 rings (SSSR count). The second-order valence-electron chi connectivity index (χ2n) is 10.2. The minimum Gasteiger partial charge on any atom is -0.396 e. The van der Waals surface area contributed by atoms with Crippen LogP contribution in [0.1, 0.15) is 31.0 Å². The van der Waals surface area contributed by atoms with Crippen LogP contribution in [0.5, 0.6) is 0 Å². The molecule has 9 heteroatoms. The summed E-state index contributed by atoms with van der Waals surface area (Å²) in [5, 5.41) is 13.4. The summed E-state index contributed by atoms with van der Waals surface area (Å²) in [6.45, 7) is 0.160. The van der Waals surface area contributed by atoms with Gasteiger partial charge in [-0.15, -0.1) is 0 Å². The number of carbonyl (C=O) groups is 2. The van der Waals surface area contributed by atoms with E-state index in [1.54, 1.807) is 46.7 Å². The van der Waals surface area contributed by atoms with Crippen LogP contribution in [0.15, 0.2) is 41.2 Å². The molecule has 1 saturated carbocycles. The van der Waals surface area contributed by atoms with Gasteiger partial charge in [0.1, 0.15) is 11.9 Å². The summed E-state index contributed by atoms with van der Waals surface area (Å²) < 4.78 is 15.0. The van der Waals surface area contributed by atoms with E-state index >= 15 is 0 Å². The molecule has 0 unspecified atom stereocenters. The number of hydrogen-bond acceptors (Lipinski definition) is 5. The maximum atomic E-state index is 13.5. The Labute approximate surface area is 203 Å². The van der Waals surface area contributed by atoms with Crippen molar-refractivity contribution < 1.29 is 19.1 Å². The molecule has 4 atom stereocenters. The van der Waals surface area contributed by atoms with Gasteiger partial charge in [0, 0.05) is 42.3 Å². The van der Waals surface area contributed by atoms with Crippen LogP contribution in [0.4, 0.5) is 4.39 Å². The van der Waals surface area contributed by atoms with E-state index in [0.29, 0.717) is 23.4 Å². The summed E-state index contributed by atoms with van der Waals surface area (Å²) >= 11 is 0. The number of likely N-dealkylation sites (tertiary alicyclic amines) is 1. The fourth-order valence-corrected chi connectivity index (χ4v) is 5.81. The summed E-state index contributed by atoms with van der Waals surface area (Å²) in [5.41, 5.74) is 1.49. The lowest BCUT2D eigenvalue weighted by atomic mass is 9.87. The highest BCUT2D eigenvalue weighted by atomic mass is 19.1. The Morgan fingerprint density at radius 1 is 1.14 bits per heavy atom. The Balaban J connectivity index is 1.55. The van der Waals surface area contributed by atoms with Gasteiger partial charge in [0.2, 0.25) is 11.8 Å². The highest BCUT2D eigenvalue weighted by Crippen LogP contribution is 2.49. The zero-order valence-electron chi connectivity index (χ0n) is 20.0. The molecule has 2 fully saturated rings. The Hall–Kier alpha value is -3.04. The maximum Gasteiger partial charge on any atom is 0.258 e. The molecule has 2 aliphatic heterocycles. The van der Waals surface area contributed by atoms with Crippen molar-refractivity contribution in [1.29, 1.82) is 0 Å². The first-order chi connectivity index (χ1) is 16.8. The van der Waals surface area contributed by atoms with Gasteiger partial charge in [-0.05, 0) is 63.2 Å². The molecule has 2 N–H and O–H groups in total. The number of halogens is 1. The maximum absolute atomic E-state index is 13.5. The average Bonchev–Trinajstić information content (AvgIpc) is 3.31. The number of fused-ring (bicyclic) bond motifs is 3. The summed E-state index contributed by atoms with van der Waals surface area (Å²) in [5.74, 6) is -1.57. The van der Waals surface area contributed by atoms with Crippen molar-refractivity contribution in [3.63, 3.8) is 0 Å². The van der Waals surface area contributed by atoms with Crippen molar-refractivity contribution in [3.8, 4) is 11.1 Å². The number of nitrogens with one attached hydrogen (secondary N) is 1. The van der Waals surface area contributed by atoms with Gasteiger partial charge >= 0.3 is 0 Å². The number of rotatable bonds is 6. The highest BCUT2D eigenvalue weighted by Gasteiger charge is 2.57. The molecule has 3 aliphatic rings. The average molecular weight is 483 g/mol. The van der Waals surface area contributed by atoms with E-state index in [2.05, 4.69) is 5.32 Å². The molecular formula is C26H31FN4O4. The van der Waals surface area contributed by atoms with Gasteiger partial charge in [0.25, 0.3) is 5.56 Å². The molecule has 35 heavy (non-hydrogen) atoms. The van der Waals surface area contributed by atoms with Gasteiger partial charge in [-0.2, -0.15) is 0 Å². The largest absolute Gasteiger partial charge is 0.396 e. The molecule has 8 nitrogen and oxygen atoms in total. The number of amides is 2. The first kappa shape index (κ1) is 23.7. The van der Waals surface area contributed by atoms with Crippen LogP contribution in [0.2, 0.25) is 0 Å². The lowest BCUT2D eigenvalue weighted by Gasteiger charge is -2.34. The van der Waals surface area contributed by atoms with Gasteiger partial charge in [-0.1, -0.05) is 12.1 Å². The lowest BCUT2D eigenvalue weighted by Crippen LogP contribution is -2.54. The van der Waals surface area contributed by atoms with Crippen molar-refractivity contribution in [2.24, 2.45) is 11.8 Å². The Kier molecular flexibility index (Phi) is 6.23. The molecule has 2 amide bonds. The molecule has 1 saturated heterocycles. The topological polar surface area (TPSA) is 94.9 Å². The fourth-order valence-electron chi connectivity index (χ4n) is 5.81. The van der Waals surface area contributed by atoms with Crippen LogP contribution in [-0.2, 0) is 16.1 Å². The third-order valence-electron chi connectivity index (χ3n) is 7.69. The molecule has 0 bridgehead atoms. The summed E-state index contributed by atoms with van der Waals surface area (Å²) in [6.07, 6.45) is 2.91. The van der Waals surface area contributed by atoms with Crippen molar-refractivity contribution in [2.45, 2.75) is 43.9 Å². The van der Waals surface area contributed by atoms with E-state index in [9.17, 15) is 23.9 Å². The number of hydrogen-bond donors (Lipinski definition) is 2. The minimum absolute atomic E-state index is 0.112. The van der Waals surface area contributed by atoms with E-state index in [1.807, 2.05) is 6.07 Å². The lowest BCUT2D eigenvalue weighted by molar-refractivity contribution is -0.142. The van der Waals surface area contributed by atoms with Crippen molar-refractivity contribution in [1.82, 2.24) is 19.7 Å². The van der Waals surface area contributed by atoms with Gasteiger partial charge in [0.15, 0.2) is 0 Å². The van der Waals surface area contributed by atoms with E-state index in [0.717, 1.165) is 19.3 Å². The van der Waals surface area contributed by atoms with Crippen LogP contribution in [0.3, 0.4) is 0 Å². The molecule has 186 valence electrons. The first-order valence-electron chi connectivity index (χ1n) is 12.2. The zero-order valence-corrected chi connectivity index (χ0v) is 20.0. The molecular weight excluding hydrogens is 451 g/mol.